The van der Waals surface area contributed by atoms with E-state index in [1.54, 1.807) is 54.6 Å². The number of rotatable bonds is 12. The molecule has 0 aliphatic carbocycles. The molecule has 4 aromatic carbocycles. The largest absolute Gasteiger partial charge is 0.461 e. The number of halogens is 2. The number of carbonyl (C=O) groups is 4. The zero-order chi connectivity index (χ0) is 45.4. The number of esters is 3. The number of benzene rings is 4. The molecule has 5 unspecified atom stereocenters. The molecule has 2 aliphatic rings. The molecule has 0 bridgehead atoms. The van der Waals surface area contributed by atoms with Crippen LogP contribution in [0.4, 0.5) is 13.6 Å². The Morgan fingerprint density at radius 2 is 1.47 bits per heavy atom. The Labute approximate surface area is 349 Å². The van der Waals surface area contributed by atoms with Gasteiger partial charge in [-0.05, 0) is 59.5 Å². The average molecular weight is 823 g/mol. The highest BCUT2D eigenvalue weighted by atomic mass is 19.1. The minimum absolute atomic E-state index is 0.00744. The van der Waals surface area contributed by atoms with Gasteiger partial charge in [0, 0.05) is 74.0 Å². The van der Waals surface area contributed by atoms with Crippen molar-refractivity contribution in [3.63, 3.8) is 0 Å². The van der Waals surface area contributed by atoms with Crippen molar-refractivity contribution >= 4 is 45.8 Å². The van der Waals surface area contributed by atoms with E-state index in [2.05, 4.69) is 4.98 Å². The standard InChI is InChI=1S/C46H44F2N4O8/c1-26(53)59-33-21-40(49-22-33)42(45(55)57-24-28-9-5-3-6-10-28)41-36-16-14-31(48)18-39(36)51-44(41)43-37(35-15-13-30(47)17-38(35)50-43)20-32-19-34(60-27(2)54)23-52(32)46(56)58-25-29-11-7-4-8-12-29/h3-18,32-34,40,42,49-51H,19-25H2,1-2H3/i15D,40D/hD2. The molecule has 0 spiro atoms. The van der Waals surface area contributed by atoms with Crippen molar-refractivity contribution in [1.29, 1.82) is 0 Å². The molecule has 6 aromatic rings. The van der Waals surface area contributed by atoms with Gasteiger partial charge in [-0.15, -0.1) is 0 Å². The summed E-state index contributed by atoms with van der Waals surface area (Å²) in [5.74, 6) is -5.38. The van der Waals surface area contributed by atoms with Gasteiger partial charge >= 0.3 is 24.0 Å². The van der Waals surface area contributed by atoms with Crippen LogP contribution in [0.3, 0.4) is 0 Å². The Morgan fingerprint density at radius 1 is 0.817 bits per heavy atom. The van der Waals surface area contributed by atoms with E-state index in [1.165, 1.54) is 24.8 Å². The van der Waals surface area contributed by atoms with Crippen LogP contribution in [0.5, 0.6) is 0 Å². The van der Waals surface area contributed by atoms with Gasteiger partial charge < -0.3 is 39.1 Å². The topological polar surface area (TPSA) is 152 Å². The molecule has 3 N–H and O–H groups in total. The number of ether oxygens (including phenoxy) is 4. The van der Waals surface area contributed by atoms with Crippen molar-refractivity contribution in [2.24, 2.45) is 0 Å². The van der Waals surface area contributed by atoms with E-state index in [0.29, 0.717) is 5.56 Å². The Morgan fingerprint density at radius 3 is 2.17 bits per heavy atom. The van der Waals surface area contributed by atoms with E-state index >= 15 is 8.78 Å². The number of nitrogens with zero attached hydrogens (tertiary/aromatic N) is 1. The van der Waals surface area contributed by atoms with Gasteiger partial charge in [0.05, 0.1) is 19.3 Å². The average Bonchev–Trinajstić information content (AvgIpc) is 3.96. The van der Waals surface area contributed by atoms with Crippen LogP contribution in [-0.4, -0.2) is 76.2 Å². The third-order valence-electron chi connectivity index (χ3n) is 10.7. The van der Waals surface area contributed by atoms with Crippen molar-refractivity contribution in [3.05, 3.63) is 131 Å². The Balaban J connectivity index is 1.31. The van der Waals surface area contributed by atoms with Crippen LogP contribution in [0.2, 0.25) is 2.82 Å². The zero-order valence-corrected chi connectivity index (χ0v) is 32.8. The van der Waals surface area contributed by atoms with Crippen molar-refractivity contribution in [3.8, 4) is 11.4 Å². The predicted octanol–water partition coefficient (Wildman–Crippen LogP) is 7.60. The van der Waals surface area contributed by atoms with Crippen LogP contribution in [0, 0.1) is 11.6 Å². The first kappa shape index (κ1) is 35.4. The second kappa shape index (κ2) is 17.4. The first-order valence-corrected chi connectivity index (χ1v) is 19.5. The summed E-state index contributed by atoms with van der Waals surface area (Å²) in [4.78, 5) is 58.5. The molecule has 2 aromatic heterocycles. The fourth-order valence-electron chi connectivity index (χ4n) is 8.16. The molecule has 5 atom stereocenters. The molecular formula is C46H44F2N4O8. The number of carbonyl (C=O) groups excluding carboxylic acids is 4. The summed E-state index contributed by atoms with van der Waals surface area (Å²) >= 11 is 0. The molecule has 2 aliphatic heterocycles. The maximum Gasteiger partial charge on any atom is 0.410 e. The normalized spacial score (nSPS) is 21.9. The third-order valence-corrected chi connectivity index (χ3v) is 10.7. The van der Waals surface area contributed by atoms with Crippen LogP contribution in [0.15, 0.2) is 97.0 Å². The van der Waals surface area contributed by atoms with Gasteiger partial charge in [-0.3, -0.25) is 14.4 Å². The Hall–Kier alpha value is -6.54. The van der Waals surface area contributed by atoms with E-state index in [1.807, 2.05) is 6.07 Å². The third kappa shape index (κ3) is 8.74. The van der Waals surface area contributed by atoms with Crippen molar-refractivity contribution in [2.75, 3.05) is 13.1 Å². The minimum Gasteiger partial charge on any atom is -0.461 e. The van der Waals surface area contributed by atoms with Crippen LogP contribution < -0.4 is 5.31 Å². The summed E-state index contributed by atoms with van der Waals surface area (Å²) in [5, 5.41) is 1.18. The summed E-state index contributed by atoms with van der Waals surface area (Å²) < 4.78 is 90.7. The molecule has 4 heterocycles. The number of aromatic nitrogens is 2. The molecule has 1 amide bonds. The molecule has 14 heteroatoms. The maximum absolute atomic E-state index is 15.2. The van der Waals surface area contributed by atoms with Crippen molar-refractivity contribution in [1.82, 2.24) is 20.2 Å². The highest BCUT2D eigenvalue weighted by Crippen LogP contribution is 2.43. The first-order valence-electron chi connectivity index (χ1n) is 21.4. The van der Waals surface area contributed by atoms with Crippen LogP contribution in [-0.2, 0) is 53.0 Å². The van der Waals surface area contributed by atoms with E-state index < -0.39 is 65.8 Å². The van der Waals surface area contributed by atoms with Gasteiger partial charge in [0.1, 0.15) is 44.4 Å². The molecule has 0 radical (unpaired) electrons. The molecule has 2 fully saturated rings. The van der Waals surface area contributed by atoms with E-state index in [9.17, 15) is 22.0 Å². The molecule has 8 rings (SSSR count). The van der Waals surface area contributed by atoms with Crippen molar-refractivity contribution in [2.45, 2.75) is 76.5 Å². The molecule has 60 heavy (non-hydrogen) atoms. The zero-order valence-electron chi connectivity index (χ0n) is 36.8. The molecule has 310 valence electrons. The number of aromatic amines is 2. The number of hydrogen-bond donors (Lipinski definition) is 3. The number of nitrogens with one attached hydrogen (secondary N) is 3. The van der Waals surface area contributed by atoms with Gasteiger partial charge in [0.2, 0.25) is 0 Å². The number of amides is 1. The van der Waals surface area contributed by atoms with Gasteiger partial charge in [-0.25, -0.2) is 13.6 Å². The lowest BCUT2D eigenvalue weighted by molar-refractivity contribution is -0.148. The number of fused-ring (bicyclic) bond motifs is 2. The quantitative estimate of drug-likeness (QED) is 0.0837. The fourth-order valence-corrected chi connectivity index (χ4v) is 8.16. The lowest BCUT2D eigenvalue weighted by Crippen LogP contribution is -2.37. The molecule has 12 nitrogen and oxygen atoms in total. The maximum atomic E-state index is 15.2. The van der Waals surface area contributed by atoms with E-state index in [-0.39, 0.29) is 95.9 Å². The van der Waals surface area contributed by atoms with Gasteiger partial charge in [-0.2, -0.15) is 0 Å². The van der Waals surface area contributed by atoms with Crippen LogP contribution in [0.25, 0.3) is 33.2 Å². The Bertz CT molecular complexity index is 2760. The van der Waals surface area contributed by atoms with Crippen LogP contribution >= 0.6 is 0 Å². The first-order chi connectivity index (χ1) is 30.6. The minimum atomic E-state index is -2.19. The van der Waals surface area contributed by atoms with Gasteiger partial charge in [0.15, 0.2) is 1.41 Å². The highest BCUT2D eigenvalue weighted by molar-refractivity contribution is 5.99. The van der Waals surface area contributed by atoms with E-state index in [4.69, 9.17) is 21.7 Å². The fraction of sp³-hybridized carbons (Fsp3) is 0.304. The molecule has 0 saturated carbocycles. The predicted molar refractivity (Wildman–Crippen MR) is 217 cm³/mol. The number of H-pyrrole nitrogens is 2. The number of hydrogen-bond acceptors (Lipinski definition) is 9. The lowest BCUT2D eigenvalue weighted by atomic mass is 9.86. The summed E-state index contributed by atoms with van der Waals surface area (Å²) in [7, 11) is 0. The van der Waals surface area contributed by atoms with Crippen molar-refractivity contribution < 1.29 is 52.5 Å². The van der Waals surface area contributed by atoms with Crippen LogP contribution in [0.1, 0.15) is 57.6 Å². The SMILES string of the molecule is [2H]c1cc(F)cc2c1c(CC1CC(OC(C)=O)CN1C(=O)OCc1ccccc1)c(-c1[nH]c3cc(F)ccc3c1C(C(=O)OCc1ccccc1)C1([2H])CC(OC(C)=O)CN1[2H])n2[2H]. The number of likely N-dealkylation sites (tertiary alicyclic amines) is 1. The molecular weight excluding hydrogens is 775 g/mol. The summed E-state index contributed by atoms with van der Waals surface area (Å²) in [6, 6.07) is 20.2. The Kier molecular flexibility index (Phi) is 10.2. The molecule has 2 saturated heterocycles. The second-order valence-corrected chi connectivity index (χ2v) is 14.9. The summed E-state index contributed by atoms with van der Waals surface area (Å²) in [6.07, 6.45) is -2.80. The van der Waals surface area contributed by atoms with Gasteiger partial charge in [-0.1, -0.05) is 60.7 Å². The summed E-state index contributed by atoms with van der Waals surface area (Å²) in [5.41, 5.74) is 1.66. The monoisotopic (exact) mass is 822 g/mol. The van der Waals surface area contributed by atoms with Gasteiger partial charge in [0.25, 0.3) is 0 Å². The van der Waals surface area contributed by atoms with E-state index in [0.717, 1.165) is 40.1 Å². The summed E-state index contributed by atoms with van der Waals surface area (Å²) in [6.45, 7) is 1.85. The lowest BCUT2D eigenvalue weighted by Gasteiger charge is -2.25. The smallest absolute Gasteiger partial charge is 0.410 e. The second-order valence-electron chi connectivity index (χ2n) is 14.9. The highest BCUT2D eigenvalue weighted by Gasteiger charge is 2.43.